The zero-order valence-electron chi connectivity index (χ0n) is 25.4. The topological polar surface area (TPSA) is 88.4 Å². The van der Waals surface area contributed by atoms with Gasteiger partial charge in [-0.05, 0) is 67.4 Å². The summed E-state index contributed by atoms with van der Waals surface area (Å²) in [6, 6.07) is 32.7. The highest BCUT2D eigenvalue weighted by Crippen LogP contribution is 2.32. The van der Waals surface area contributed by atoms with Gasteiger partial charge in [0.1, 0.15) is 24.7 Å². The third-order valence-corrected chi connectivity index (χ3v) is 8.21. The first-order valence-corrected chi connectivity index (χ1v) is 15.8. The van der Waals surface area contributed by atoms with Gasteiger partial charge in [0.05, 0.1) is 28.5 Å². The number of rotatable bonds is 11. The number of para-hydroxylation sites is 2. The van der Waals surface area contributed by atoms with Crippen LogP contribution in [0.25, 0.3) is 6.08 Å². The van der Waals surface area contributed by atoms with E-state index < -0.39 is 12.0 Å². The lowest BCUT2D eigenvalue weighted by Crippen LogP contribution is -2.40. The number of esters is 1. The van der Waals surface area contributed by atoms with Crippen LogP contribution in [0.15, 0.2) is 130 Å². The Kier molecular flexibility index (Phi) is 9.40. The Morgan fingerprint density at radius 1 is 0.826 bits per heavy atom. The van der Waals surface area contributed by atoms with Gasteiger partial charge in [-0.1, -0.05) is 84.1 Å². The predicted octanol–water partition coefficient (Wildman–Crippen LogP) is 5.70. The van der Waals surface area contributed by atoms with Crippen molar-refractivity contribution in [3.8, 4) is 23.0 Å². The van der Waals surface area contributed by atoms with E-state index in [2.05, 4.69) is 0 Å². The molecule has 0 spiro atoms. The number of fused-ring (bicyclic) bond motifs is 1. The second-order valence-corrected chi connectivity index (χ2v) is 11.4. The summed E-state index contributed by atoms with van der Waals surface area (Å²) < 4.78 is 25.4. The Bertz CT molecular complexity index is 2040. The average molecular weight is 633 g/mol. The minimum atomic E-state index is -0.705. The van der Waals surface area contributed by atoms with Gasteiger partial charge in [0.25, 0.3) is 5.56 Å². The monoisotopic (exact) mass is 632 g/mol. The van der Waals surface area contributed by atoms with Gasteiger partial charge in [0.15, 0.2) is 16.3 Å². The smallest absolute Gasteiger partial charge is 0.343 e. The second-order valence-electron chi connectivity index (χ2n) is 10.3. The summed E-state index contributed by atoms with van der Waals surface area (Å²) in [4.78, 5) is 32.8. The van der Waals surface area contributed by atoms with Crippen LogP contribution in [-0.2, 0) is 4.79 Å². The first kappa shape index (κ1) is 30.6. The average Bonchev–Trinajstić information content (AvgIpc) is 3.38. The van der Waals surface area contributed by atoms with Gasteiger partial charge < -0.3 is 18.9 Å². The molecule has 9 heteroatoms. The molecule has 0 fully saturated rings. The standard InChI is InChI=1S/C37H32N2O6S/c1-3-42-31-23-26(19-20-30(31)44-22-21-43-28-15-9-5-10-16-28)24-32-35(40)39-34(27-13-7-4-8-14-27)33(25(2)38-37(39)46-32)36(41)45-29-17-11-6-12-18-29/h4-20,23-24,34H,3,21-22H2,1-2H3/b32-24-/t34-/m0/s1. The van der Waals surface area contributed by atoms with Crippen LogP contribution in [0, 0.1) is 0 Å². The molecule has 1 atom stereocenters. The molecule has 1 aliphatic rings. The van der Waals surface area contributed by atoms with E-state index in [0.717, 1.165) is 16.9 Å². The number of hydrogen-bond acceptors (Lipinski definition) is 8. The number of benzene rings is 4. The van der Waals surface area contributed by atoms with Crippen molar-refractivity contribution in [2.24, 2.45) is 4.99 Å². The molecule has 0 saturated carbocycles. The number of carbonyl (C=O) groups is 1. The van der Waals surface area contributed by atoms with E-state index in [0.29, 0.717) is 57.7 Å². The Labute approximate surface area is 270 Å². The van der Waals surface area contributed by atoms with Crippen LogP contribution in [0.5, 0.6) is 23.0 Å². The van der Waals surface area contributed by atoms with Crippen molar-refractivity contribution in [1.82, 2.24) is 4.57 Å². The Morgan fingerprint density at radius 3 is 2.17 bits per heavy atom. The van der Waals surface area contributed by atoms with Crippen LogP contribution in [0.4, 0.5) is 0 Å². The zero-order chi connectivity index (χ0) is 31.9. The molecule has 232 valence electrons. The SMILES string of the molecule is CCOc1cc(/C=c2\sc3n(c2=O)[C@@H](c2ccccc2)C(C(=O)Oc2ccccc2)=C(C)N=3)ccc1OCCOc1ccccc1. The summed E-state index contributed by atoms with van der Waals surface area (Å²) in [5, 5.41) is 0. The fraction of sp³-hybridized carbons (Fsp3) is 0.162. The molecule has 0 N–H and O–H groups in total. The Hall–Kier alpha value is -5.41. The molecule has 0 radical (unpaired) electrons. The first-order valence-electron chi connectivity index (χ1n) is 14.9. The zero-order valence-corrected chi connectivity index (χ0v) is 26.2. The highest BCUT2D eigenvalue weighted by Gasteiger charge is 2.33. The van der Waals surface area contributed by atoms with Crippen LogP contribution in [0.1, 0.15) is 31.0 Å². The van der Waals surface area contributed by atoms with Crippen LogP contribution in [-0.4, -0.2) is 30.4 Å². The maximum Gasteiger partial charge on any atom is 0.343 e. The summed E-state index contributed by atoms with van der Waals surface area (Å²) in [6.07, 6.45) is 1.80. The number of thiazole rings is 1. The van der Waals surface area contributed by atoms with Crippen molar-refractivity contribution in [2.45, 2.75) is 19.9 Å². The number of carbonyl (C=O) groups excluding carboxylic acids is 1. The van der Waals surface area contributed by atoms with Crippen LogP contribution < -0.4 is 33.8 Å². The number of nitrogens with zero attached hydrogens (tertiary/aromatic N) is 2. The number of aromatic nitrogens is 1. The number of ether oxygens (including phenoxy) is 4. The van der Waals surface area contributed by atoms with Crippen molar-refractivity contribution < 1.29 is 23.7 Å². The summed E-state index contributed by atoms with van der Waals surface area (Å²) >= 11 is 1.27. The lowest BCUT2D eigenvalue weighted by molar-refractivity contribution is -0.130. The predicted molar refractivity (Wildman–Crippen MR) is 177 cm³/mol. The Morgan fingerprint density at radius 2 is 1.48 bits per heavy atom. The van der Waals surface area contributed by atoms with Crippen LogP contribution in [0.3, 0.4) is 0 Å². The quantitative estimate of drug-likeness (QED) is 0.106. The molecular weight excluding hydrogens is 600 g/mol. The van der Waals surface area contributed by atoms with E-state index in [-0.39, 0.29) is 5.56 Å². The summed E-state index contributed by atoms with van der Waals surface area (Å²) in [5.41, 5.74) is 2.09. The molecule has 0 amide bonds. The second kappa shape index (κ2) is 14.1. The molecular formula is C37H32N2O6S. The van der Waals surface area contributed by atoms with Gasteiger partial charge >= 0.3 is 5.97 Å². The molecule has 0 aliphatic carbocycles. The number of hydrogen-bond donors (Lipinski definition) is 0. The molecule has 1 aromatic heterocycles. The van der Waals surface area contributed by atoms with Crippen molar-refractivity contribution >= 4 is 23.4 Å². The van der Waals surface area contributed by atoms with Gasteiger partial charge in [0.2, 0.25) is 0 Å². The minimum Gasteiger partial charge on any atom is -0.490 e. The van der Waals surface area contributed by atoms with Gasteiger partial charge in [-0.15, -0.1) is 0 Å². The number of allylic oxidation sites excluding steroid dienone is 1. The minimum absolute atomic E-state index is 0.258. The molecule has 0 bridgehead atoms. The van der Waals surface area contributed by atoms with Gasteiger partial charge in [-0.3, -0.25) is 9.36 Å². The molecule has 4 aromatic carbocycles. The maximum absolute atomic E-state index is 14.0. The third kappa shape index (κ3) is 6.79. The highest BCUT2D eigenvalue weighted by molar-refractivity contribution is 7.07. The van der Waals surface area contributed by atoms with E-state index in [1.165, 1.54) is 11.3 Å². The summed E-state index contributed by atoms with van der Waals surface area (Å²) in [5.74, 6) is 1.78. The van der Waals surface area contributed by atoms with E-state index in [4.69, 9.17) is 23.9 Å². The maximum atomic E-state index is 14.0. The largest absolute Gasteiger partial charge is 0.490 e. The van der Waals surface area contributed by atoms with Crippen molar-refractivity contribution in [2.75, 3.05) is 19.8 Å². The molecule has 8 nitrogen and oxygen atoms in total. The highest BCUT2D eigenvalue weighted by atomic mass is 32.1. The molecule has 5 aromatic rings. The van der Waals surface area contributed by atoms with E-state index in [1.54, 1.807) is 41.8 Å². The molecule has 2 heterocycles. The van der Waals surface area contributed by atoms with Crippen molar-refractivity contribution in [3.05, 3.63) is 151 Å². The van der Waals surface area contributed by atoms with Crippen LogP contribution >= 0.6 is 11.3 Å². The van der Waals surface area contributed by atoms with Gasteiger partial charge in [-0.2, -0.15) is 0 Å². The molecule has 46 heavy (non-hydrogen) atoms. The molecule has 1 aliphatic heterocycles. The van der Waals surface area contributed by atoms with Crippen molar-refractivity contribution in [1.29, 1.82) is 0 Å². The first-order chi connectivity index (χ1) is 22.5. The normalized spacial score (nSPS) is 14.3. The van der Waals surface area contributed by atoms with E-state index in [9.17, 15) is 9.59 Å². The molecule has 0 unspecified atom stereocenters. The van der Waals surface area contributed by atoms with Gasteiger partial charge in [0, 0.05) is 0 Å². The lowest BCUT2D eigenvalue weighted by Gasteiger charge is -2.24. The summed E-state index contributed by atoms with van der Waals surface area (Å²) in [6.45, 7) is 4.83. The van der Waals surface area contributed by atoms with Gasteiger partial charge in [-0.25, -0.2) is 9.79 Å². The molecule has 6 rings (SSSR count). The fourth-order valence-electron chi connectivity index (χ4n) is 5.17. The van der Waals surface area contributed by atoms with Crippen molar-refractivity contribution in [3.63, 3.8) is 0 Å². The van der Waals surface area contributed by atoms with E-state index in [1.807, 2.05) is 91.9 Å². The van der Waals surface area contributed by atoms with E-state index >= 15 is 0 Å². The summed E-state index contributed by atoms with van der Waals surface area (Å²) in [7, 11) is 0. The lowest BCUT2D eigenvalue weighted by atomic mass is 9.96. The molecule has 0 saturated heterocycles. The van der Waals surface area contributed by atoms with Crippen LogP contribution in [0.2, 0.25) is 0 Å². The Balaban J connectivity index is 1.31. The fourth-order valence-corrected chi connectivity index (χ4v) is 6.21. The third-order valence-electron chi connectivity index (χ3n) is 7.23.